The molecule has 1 amide bonds. The van der Waals surface area contributed by atoms with E-state index >= 15 is 0 Å². The van der Waals surface area contributed by atoms with Crippen molar-refractivity contribution in [2.75, 3.05) is 19.5 Å². The van der Waals surface area contributed by atoms with Crippen LogP contribution in [0.5, 0.6) is 11.5 Å². The topological polar surface area (TPSA) is 73.6 Å². The van der Waals surface area contributed by atoms with Crippen LogP contribution in [0.4, 0.5) is 10.1 Å². The van der Waals surface area contributed by atoms with Crippen LogP contribution < -0.4 is 14.8 Å². The van der Waals surface area contributed by atoms with Gasteiger partial charge in [0.15, 0.2) is 17.1 Å². The number of hydrogen-bond donors (Lipinski definition) is 1. The number of ether oxygens (including phenoxy) is 2. The minimum absolute atomic E-state index is 0.233. The lowest BCUT2D eigenvalue weighted by Gasteiger charge is -2.07. The summed E-state index contributed by atoms with van der Waals surface area (Å²) < 4.78 is 29.7. The van der Waals surface area contributed by atoms with Gasteiger partial charge >= 0.3 is 0 Å². The summed E-state index contributed by atoms with van der Waals surface area (Å²) in [5, 5.41) is 2.74. The molecule has 0 saturated heterocycles. The minimum atomic E-state index is -0.468. The van der Waals surface area contributed by atoms with Crippen LogP contribution in [0, 0.1) is 5.82 Å². The molecule has 3 aromatic carbocycles. The van der Waals surface area contributed by atoms with Gasteiger partial charge in [0.2, 0.25) is 5.89 Å². The molecule has 0 aliphatic carbocycles. The maximum atomic E-state index is 13.3. The Labute approximate surface area is 165 Å². The molecule has 6 nitrogen and oxygen atoms in total. The zero-order valence-corrected chi connectivity index (χ0v) is 15.7. The third-order valence-corrected chi connectivity index (χ3v) is 4.36. The van der Waals surface area contributed by atoms with E-state index in [1.807, 2.05) is 6.07 Å². The highest BCUT2D eigenvalue weighted by atomic mass is 19.1. The Morgan fingerprint density at radius 2 is 1.83 bits per heavy atom. The Morgan fingerprint density at radius 1 is 1.00 bits per heavy atom. The second-order valence-corrected chi connectivity index (χ2v) is 6.24. The number of carbonyl (C=O) groups is 1. The summed E-state index contributed by atoms with van der Waals surface area (Å²) in [4.78, 5) is 16.8. The number of oxazole rings is 1. The van der Waals surface area contributed by atoms with Crippen LogP contribution in [0.25, 0.3) is 22.6 Å². The lowest BCUT2D eigenvalue weighted by Crippen LogP contribution is -2.11. The van der Waals surface area contributed by atoms with Gasteiger partial charge in [-0.25, -0.2) is 9.37 Å². The molecule has 0 radical (unpaired) electrons. The molecule has 7 heteroatoms. The van der Waals surface area contributed by atoms with Gasteiger partial charge in [-0.15, -0.1) is 0 Å². The van der Waals surface area contributed by atoms with Gasteiger partial charge in [-0.2, -0.15) is 0 Å². The Kier molecular flexibility index (Phi) is 4.87. The summed E-state index contributed by atoms with van der Waals surface area (Å²) in [6.45, 7) is 0. The standard InChI is InChI=1S/C22H17FN2O4/c1-27-19-8-6-14(11-20(19)28-2)22-25-17-12-16(7-9-18(17)29-22)24-21(26)13-4-3-5-15(23)10-13/h3-12H,1-2H3,(H,24,26). The molecule has 0 spiro atoms. The molecule has 1 N–H and O–H groups in total. The molecule has 146 valence electrons. The number of benzene rings is 3. The molecule has 0 atom stereocenters. The molecular weight excluding hydrogens is 375 g/mol. The molecule has 29 heavy (non-hydrogen) atoms. The first-order valence-corrected chi connectivity index (χ1v) is 8.77. The number of anilines is 1. The van der Waals surface area contributed by atoms with Crippen LogP contribution in [-0.4, -0.2) is 25.1 Å². The molecule has 0 saturated carbocycles. The van der Waals surface area contributed by atoms with E-state index in [9.17, 15) is 9.18 Å². The number of nitrogens with zero attached hydrogens (tertiary/aromatic N) is 1. The minimum Gasteiger partial charge on any atom is -0.493 e. The second-order valence-electron chi connectivity index (χ2n) is 6.24. The predicted octanol–water partition coefficient (Wildman–Crippen LogP) is 4.90. The summed E-state index contributed by atoms with van der Waals surface area (Å²) >= 11 is 0. The zero-order chi connectivity index (χ0) is 20.4. The van der Waals surface area contributed by atoms with E-state index in [-0.39, 0.29) is 5.56 Å². The highest BCUT2D eigenvalue weighted by molar-refractivity contribution is 6.04. The molecule has 0 bridgehead atoms. The first-order chi connectivity index (χ1) is 14.1. The lowest BCUT2D eigenvalue weighted by molar-refractivity contribution is 0.102. The number of hydrogen-bond acceptors (Lipinski definition) is 5. The fraction of sp³-hybridized carbons (Fsp3) is 0.0909. The maximum Gasteiger partial charge on any atom is 0.255 e. The number of halogens is 1. The summed E-state index contributed by atoms with van der Waals surface area (Å²) in [5.74, 6) is 0.705. The van der Waals surface area contributed by atoms with Gasteiger partial charge in [0, 0.05) is 16.8 Å². The molecule has 1 heterocycles. The average Bonchev–Trinajstić information content (AvgIpc) is 3.16. The summed E-state index contributed by atoms with van der Waals surface area (Å²) in [6.07, 6.45) is 0. The third-order valence-electron chi connectivity index (χ3n) is 4.36. The Balaban J connectivity index is 1.62. The van der Waals surface area contributed by atoms with Crippen molar-refractivity contribution in [1.29, 1.82) is 0 Å². The van der Waals surface area contributed by atoms with Gasteiger partial charge in [-0.3, -0.25) is 4.79 Å². The van der Waals surface area contributed by atoms with Crippen LogP contribution in [-0.2, 0) is 0 Å². The third kappa shape index (κ3) is 3.75. The Hall–Kier alpha value is -3.87. The number of amides is 1. The van der Waals surface area contributed by atoms with Gasteiger partial charge in [-0.05, 0) is 54.6 Å². The molecule has 0 unspecified atom stereocenters. The van der Waals surface area contributed by atoms with Crippen molar-refractivity contribution in [2.24, 2.45) is 0 Å². The van der Waals surface area contributed by atoms with Crippen molar-refractivity contribution in [3.05, 3.63) is 72.0 Å². The second kappa shape index (κ2) is 7.63. The van der Waals surface area contributed by atoms with Crippen LogP contribution in [0.1, 0.15) is 10.4 Å². The smallest absolute Gasteiger partial charge is 0.255 e. The van der Waals surface area contributed by atoms with E-state index in [0.29, 0.717) is 34.2 Å². The van der Waals surface area contributed by atoms with Gasteiger partial charge in [0.1, 0.15) is 11.3 Å². The number of rotatable bonds is 5. The van der Waals surface area contributed by atoms with E-state index in [1.165, 1.54) is 18.2 Å². The molecule has 4 aromatic rings. The van der Waals surface area contributed by atoms with E-state index < -0.39 is 11.7 Å². The summed E-state index contributed by atoms with van der Waals surface area (Å²) in [7, 11) is 3.12. The van der Waals surface area contributed by atoms with E-state index in [2.05, 4.69) is 10.3 Å². The normalized spacial score (nSPS) is 10.7. The fourth-order valence-electron chi connectivity index (χ4n) is 2.93. The number of nitrogens with one attached hydrogen (secondary N) is 1. The van der Waals surface area contributed by atoms with E-state index in [0.717, 1.165) is 5.56 Å². The van der Waals surface area contributed by atoms with Gasteiger partial charge < -0.3 is 19.2 Å². The van der Waals surface area contributed by atoms with Crippen molar-refractivity contribution in [3.8, 4) is 23.0 Å². The Bertz CT molecular complexity index is 1200. The van der Waals surface area contributed by atoms with Crippen molar-refractivity contribution < 1.29 is 23.1 Å². The SMILES string of the molecule is COc1ccc(-c2nc3cc(NC(=O)c4cccc(F)c4)ccc3o2)cc1OC. The number of fused-ring (bicyclic) bond motifs is 1. The van der Waals surface area contributed by atoms with Gasteiger partial charge in [0.25, 0.3) is 5.91 Å². The number of aromatic nitrogens is 1. The molecule has 0 aliphatic heterocycles. The highest BCUT2D eigenvalue weighted by Crippen LogP contribution is 2.33. The van der Waals surface area contributed by atoms with E-state index in [4.69, 9.17) is 13.9 Å². The van der Waals surface area contributed by atoms with Gasteiger partial charge in [-0.1, -0.05) is 6.07 Å². The predicted molar refractivity (Wildman–Crippen MR) is 107 cm³/mol. The zero-order valence-electron chi connectivity index (χ0n) is 15.7. The van der Waals surface area contributed by atoms with Crippen molar-refractivity contribution in [3.63, 3.8) is 0 Å². The molecular formula is C22H17FN2O4. The van der Waals surface area contributed by atoms with Crippen LogP contribution in [0.3, 0.4) is 0 Å². The monoisotopic (exact) mass is 392 g/mol. The largest absolute Gasteiger partial charge is 0.493 e. The first-order valence-electron chi connectivity index (χ1n) is 8.77. The van der Waals surface area contributed by atoms with Crippen LogP contribution >= 0.6 is 0 Å². The molecule has 1 aromatic heterocycles. The number of methoxy groups -OCH3 is 2. The maximum absolute atomic E-state index is 13.3. The van der Waals surface area contributed by atoms with Crippen molar-refractivity contribution in [1.82, 2.24) is 4.98 Å². The van der Waals surface area contributed by atoms with Crippen LogP contribution in [0.15, 0.2) is 65.1 Å². The quantitative estimate of drug-likeness (QED) is 0.523. The molecule has 0 aliphatic rings. The van der Waals surface area contributed by atoms with Crippen LogP contribution in [0.2, 0.25) is 0 Å². The fourth-order valence-corrected chi connectivity index (χ4v) is 2.93. The van der Waals surface area contributed by atoms with Gasteiger partial charge in [0.05, 0.1) is 14.2 Å². The average molecular weight is 392 g/mol. The first kappa shape index (κ1) is 18.5. The molecule has 0 fully saturated rings. The Morgan fingerprint density at radius 3 is 2.59 bits per heavy atom. The highest BCUT2D eigenvalue weighted by Gasteiger charge is 2.13. The number of carbonyl (C=O) groups excluding carboxylic acids is 1. The summed E-state index contributed by atoms with van der Waals surface area (Å²) in [5.41, 5.74) is 2.63. The van der Waals surface area contributed by atoms with Crippen molar-refractivity contribution >= 4 is 22.7 Å². The summed E-state index contributed by atoms with van der Waals surface area (Å²) in [6, 6.07) is 16.0. The van der Waals surface area contributed by atoms with E-state index in [1.54, 1.807) is 50.6 Å². The molecule has 4 rings (SSSR count). The van der Waals surface area contributed by atoms with Crippen molar-refractivity contribution in [2.45, 2.75) is 0 Å². The lowest BCUT2D eigenvalue weighted by atomic mass is 10.2.